The summed E-state index contributed by atoms with van der Waals surface area (Å²) in [6, 6.07) is 17.4. The molecule has 1 aromatic heterocycles. The van der Waals surface area contributed by atoms with Crippen molar-refractivity contribution >= 4 is 23.2 Å². The number of para-hydroxylation sites is 1. The number of ether oxygens (including phenoxy) is 2. The molecule has 0 bridgehead atoms. The smallest absolute Gasteiger partial charge is 0.257 e. The number of amides is 1. The Labute approximate surface area is 154 Å². The van der Waals surface area contributed by atoms with Crippen molar-refractivity contribution in [3.05, 3.63) is 65.7 Å². The molecule has 2 heterocycles. The van der Waals surface area contributed by atoms with Crippen LogP contribution in [0.15, 0.2) is 54.6 Å². The van der Waals surface area contributed by atoms with Crippen LogP contribution in [0.4, 0.5) is 17.3 Å². The molecule has 0 atom stereocenters. The molecular weight excluding hydrogens is 346 g/mol. The van der Waals surface area contributed by atoms with Gasteiger partial charge in [0.25, 0.3) is 5.91 Å². The second-order valence-electron chi connectivity index (χ2n) is 5.61. The number of rotatable bonds is 4. The Kier molecular flexibility index (Phi) is 4.25. The first-order chi connectivity index (χ1) is 13.2. The number of hydrogen-bond donors (Lipinski definition) is 2. The molecule has 4 rings (SSSR count). The molecular formula is C19H13N5O3. The number of carbonyl (C=O) groups excluding carboxylic acids is 1. The molecule has 3 aromatic rings. The van der Waals surface area contributed by atoms with Crippen molar-refractivity contribution in [2.75, 3.05) is 17.4 Å². The van der Waals surface area contributed by atoms with Gasteiger partial charge in [-0.2, -0.15) is 5.26 Å². The van der Waals surface area contributed by atoms with Crippen LogP contribution in [-0.4, -0.2) is 22.9 Å². The van der Waals surface area contributed by atoms with Gasteiger partial charge in [0.2, 0.25) is 6.79 Å². The van der Waals surface area contributed by atoms with Crippen molar-refractivity contribution in [1.29, 1.82) is 5.26 Å². The molecule has 0 radical (unpaired) electrons. The Hall–Kier alpha value is -4.12. The van der Waals surface area contributed by atoms with Crippen molar-refractivity contribution < 1.29 is 14.3 Å². The van der Waals surface area contributed by atoms with Crippen LogP contribution in [0.1, 0.15) is 15.9 Å². The van der Waals surface area contributed by atoms with Crippen molar-refractivity contribution in [1.82, 2.24) is 10.2 Å². The average molecular weight is 359 g/mol. The summed E-state index contributed by atoms with van der Waals surface area (Å²) < 4.78 is 10.5. The predicted octanol–water partition coefficient (Wildman–Crippen LogP) is 3.07. The lowest BCUT2D eigenvalue weighted by Gasteiger charge is -2.08. The van der Waals surface area contributed by atoms with Crippen LogP contribution >= 0.6 is 0 Å². The zero-order valence-electron chi connectivity index (χ0n) is 14.0. The first kappa shape index (κ1) is 16.4. The van der Waals surface area contributed by atoms with Gasteiger partial charge in [-0.3, -0.25) is 4.79 Å². The van der Waals surface area contributed by atoms with Crippen LogP contribution in [0.2, 0.25) is 0 Å². The molecule has 27 heavy (non-hydrogen) atoms. The van der Waals surface area contributed by atoms with Crippen molar-refractivity contribution in [3.8, 4) is 17.6 Å². The second kappa shape index (κ2) is 7.01. The molecule has 1 aliphatic rings. The number of benzene rings is 2. The van der Waals surface area contributed by atoms with Crippen LogP contribution in [0, 0.1) is 11.3 Å². The Morgan fingerprint density at radius 2 is 1.78 bits per heavy atom. The van der Waals surface area contributed by atoms with E-state index in [2.05, 4.69) is 26.9 Å². The molecule has 0 saturated carbocycles. The van der Waals surface area contributed by atoms with Crippen LogP contribution in [0.3, 0.4) is 0 Å². The fourth-order valence-electron chi connectivity index (χ4n) is 2.52. The zero-order chi connectivity index (χ0) is 18.6. The van der Waals surface area contributed by atoms with E-state index in [9.17, 15) is 4.79 Å². The van der Waals surface area contributed by atoms with E-state index in [0.29, 0.717) is 39.9 Å². The fraction of sp³-hybridized carbons (Fsp3) is 0.0526. The summed E-state index contributed by atoms with van der Waals surface area (Å²) in [7, 11) is 0. The van der Waals surface area contributed by atoms with Gasteiger partial charge in [0.05, 0.1) is 11.3 Å². The molecule has 132 valence electrons. The summed E-state index contributed by atoms with van der Waals surface area (Å²) in [5.74, 6) is 1.57. The largest absolute Gasteiger partial charge is 0.454 e. The number of carbonyl (C=O) groups is 1. The molecule has 8 nitrogen and oxygen atoms in total. The quantitative estimate of drug-likeness (QED) is 0.737. The third kappa shape index (κ3) is 3.48. The van der Waals surface area contributed by atoms with E-state index in [1.807, 2.05) is 6.07 Å². The highest BCUT2D eigenvalue weighted by molar-refractivity contribution is 6.04. The van der Waals surface area contributed by atoms with Gasteiger partial charge in [0.15, 0.2) is 23.1 Å². The third-order valence-electron chi connectivity index (χ3n) is 3.85. The summed E-state index contributed by atoms with van der Waals surface area (Å²) >= 11 is 0. The first-order valence-corrected chi connectivity index (χ1v) is 8.04. The van der Waals surface area contributed by atoms with Gasteiger partial charge in [-0.05, 0) is 42.5 Å². The summed E-state index contributed by atoms with van der Waals surface area (Å²) in [5.41, 5.74) is 1.55. The highest BCUT2D eigenvalue weighted by Crippen LogP contribution is 2.32. The number of nitrogens with one attached hydrogen (secondary N) is 2. The summed E-state index contributed by atoms with van der Waals surface area (Å²) in [4.78, 5) is 12.3. The van der Waals surface area contributed by atoms with E-state index in [4.69, 9.17) is 14.7 Å². The van der Waals surface area contributed by atoms with Crippen molar-refractivity contribution in [2.45, 2.75) is 0 Å². The molecule has 0 fully saturated rings. The predicted molar refractivity (Wildman–Crippen MR) is 97.0 cm³/mol. The lowest BCUT2D eigenvalue weighted by atomic mass is 10.2. The van der Waals surface area contributed by atoms with E-state index in [1.54, 1.807) is 48.5 Å². The third-order valence-corrected chi connectivity index (χ3v) is 3.85. The van der Waals surface area contributed by atoms with Gasteiger partial charge >= 0.3 is 0 Å². The van der Waals surface area contributed by atoms with Crippen LogP contribution in [0.5, 0.6) is 11.5 Å². The Morgan fingerprint density at radius 1 is 1.00 bits per heavy atom. The van der Waals surface area contributed by atoms with E-state index >= 15 is 0 Å². The van der Waals surface area contributed by atoms with Gasteiger partial charge in [-0.1, -0.05) is 12.1 Å². The maximum absolute atomic E-state index is 12.3. The number of aromatic nitrogens is 2. The topological polar surface area (TPSA) is 109 Å². The highest BCUT2D eigenvalue weighted by Gasteiger charge is 2.16. The first-order valence-electron chi connectivity index (χ1n) is 8.04. The molecule has 0 aliphatic carbocycles. The molecule has 0 spiro atoms. The SMILES string of the molecule is N#Cc1ccccc1Nc1ccc(NC(=O)c2ccc3c(c2)OCO3)nn1. The van der Waals surface area contributed by atoms with Crippen LogP contribution in [-0.2, 0) is 0 Å². The highest BCUT2D eigenvalue weighted by atomic mass is 16.7. The van der Waals surface area contributed by atoms with Gasteiger partial charge in [-0.15, -0.1) is 10.2 Å². The molecule has 0 unspecified atom stereocenters. The molecule has 2 N–H and O–H groups in total. The molecule has 0 saturated heterocycles. The van der Waals surface area contributed by atoms with Gasteiger partial charge in [-0.25, -0.2) is 0 Å². The minimum Gasteiger partial charge on any atom is -0.454 e. The summed E-state index contributed by atoms with van der Waals surface area (Å²) in [6.45, 7) is 0.148. The number of anilines is 3. The maximum Gasteiger partial charge on any atom is 0.257 e. The molecule has 1 aliphatic heterocycles. The fourth-order valence-corrected chi connectivity index (χ4v) is 2.52. The van der Waals surface area contributed by atoms with Gasteiger partial charge in [0.1, 0.15) is 6.07 Å². The summed E-state index contributed by atoms with van der Waals surface area (Å²) in [5, 5.41) is 22.8. The minimum absolute atomic E-state index is 0.148. The van der Waals surface area contributed by atoms with Crippen LogP contribution in [0.25, 0.3) is 0 Å². The normalized spacial score (nSPS) is 11.5. The average Bonchev–Trinajstić information content (AvgIpc) is 3.17. The standard InChI is InChI=1S/C19H13N5O3/c20-10-13-3-1-2-4-14(13)21-17-7-8-18(24-23-17)22-19(25)12-5-6-15-16(9-12)27-11-26-15/h1-9H,11H2,(H,21,23)(H,22,24,25). The van der Waals surface area contributed by atoms with Crippen molar-refractivity contribution in [2.24, 2.45) is 0 Å². The number of nitrogens with zero attached hydrogens (tertiary/aromatic N) is 3. The van der Waals surface area contributed by atoms with E-state index in [1.165, 1.54) is 0 Å². The zero-order valence-corrected chi connectivity index (χ0v) is 14.0. The summed E-state index contributed by atoms with van der Waals surface area (Å²) in [6.07, 6.45) is 0. The number of hydrogen-bond acceptors (Lipinski definition) is 7. The molecule has 8 heteroatoms. The lowest BCUT2D eigenvalue weighted by molar-refractivity contribution is 0.102. The van der Waals surface area contributed by atoms with Crippen LogP contribution < -0.4 is 20.1 Å². The number of fused-ring (bicyclic) bond motifs is 1. The minimum atomic E-state index is -0.335. The maximum atomic E-state index is 12.3. The Bertz CT molecular complexity index is 1040. The van der Waals surface area contributed by atoms with E-state index < -0.39 is 0 Å². The van der Waals surface area contributed by atoms with Crippen molar-refractivity contribution in [3.63, 3.8) is 0 Å². The molecule has 1 amide bonds. The second-order valence-corrected chi connectivity index (χ2v) is 5.61. The van der Waals surface area contributed by atoms with E-state index in [-0.39, 0.29) is 12.7 Å². The Balaban J connectivity index is 1.45. The number of nitriles is 1. The van der Waals surface area contributed by atoms with Gasteiger partial charge in [0, 0.05) is 5.56 Å². The van der Waals surface area contributed by atoms with E-state index in [0.717, 1.165) is 0 Å². The Morgan fingerprint density at radius 3 is 2.59 bits per heavy atom. The molecule has 2 aromatic carbocycles. The monoisotopic (exact) mass is 359 g/mol. The van der Waals surface area contributed by atoms with Gasteiger partial charge < -0.3 is 20.1 Å². The lowest BCUT2D eigenvalue weighted by Crippen LogP contribution is -2.13.